The molecular weight excluding hydrogens is 268 g/mol. The normalized spacial score (nSPS) is 19.6. The molecule has 2 rings (SSSR count). The van der Waals surface area contributed by atoms with Crippen molar-refractivity contribution in [1.29, 1.82) is 0 Å². The lowest BCUT2D eigenvalue weighted by molar-refractivity contribution is -0.135. The molecule has 3 N–H and O–H groups in total. The molecular formula is C15H22N4O2. The van der Waals surface area contributed by atoms with Crippen molar-refractivity contribution >= 4 is 11.9 Å². The summed E-state index contributed by atoms with van der Waals surface area (Å²) in [7, 11) is 3.79. The first-order valence-electron chi connectivity index (χ1n) is 7.05. The van der Waals surface area contributed by atoms with Gasteiger partial charge in [-0.2, -0.15) is 0 Å². The molecule has 1 aromatic carbocycles. The number of nitrogens with zero attached hydrogens (tertiary/aromatic N) is 2. The van der Waals surface area contributed by atoms with Gasteiger partial charge < -0.3 is 16.0 Å². The summed E-state index contributed by atoms with van der Waals surface area (Å²) in [6, 6.07) is 8.81. The van der Waals surface area contributed by atoms with Crippen molar-refractivity contribution in [3.05, 3.63) is 35.9 Å². The molecule has 1 aliphatic rings. The molecule has 6 nitrogen and oxygen atoms in total. The first-order chi connectivity index (χ1) is 9.99. The van der Waals surface area contributed by atoms with Gasteiger partial charge in [0.05, 0.1) is 0 Å². The fraction of sp³-hybridized carbons (Fsp3) is 0.467. The first-order valence-corrected chi connectivity index (χ1v) is 7.05. The second kappa shape index (κ2) is 6.58. The molecule has 1 heterocycles. The van der Waals surface area contributed by atoms with Gasteiger partial charge in [0.1, 0.15) is 6.04 Å². The van der Waals surface area contributed by atoms with Crippen LogP contribution < -0.4 is 11.1 Å². The zero-order chi connectivity index (χ0) is 15.4. The van der Waals surface area contributed by atoms with Crippen molar-refractivity contribution in [2.75, 3.05) is 27.2 Å². The third-order valence-electron chi connectivity index (χ3n) is 3.71. The number of primary amides is 1. The summed E-state index contributed by atoms with van der Waals surface area (Å²) >= 11 is 0. The van der Waals surface area contributed by atoms with Gasteiger partial charge in [-0.1, -0.05) is 30.3 Å². The molecule has 0 aromatic heterocycles. The molecule has 3 amide bonds. The molecule has 21 heavy (non-hydrogen) atoms. The zero-order valence-electron chi connectivity index (χ0n) is 12.5. The lowest BCUT2D eigenvalue weighted by Gasteiger charge is -2.28. The number of rotatable bonds is 4. The van der Waals surface area contributed by atoms with E-state index in [2.05, 4.69) is 5.32 Å². The van der Waals surface area contributed by atoms with Crippen LogP contribution in [0, 0.1) is 0 Å². The highest BCUT2D eigenvalue weighted by molar-refractivity contribution is 5.83. The van der Waals surface area contributed by atoms with Gasteiger partial charge in [0.25, 0.3) is 0 Å². The van der Waals surface area contributed by atoms with E-state index < -0.39 is 6.03 Å². The van der Waals surface area contributed by atoms with Crippen LogP contribution in [0.15, 0.2) is 30.3 Å². The van der Waals surface area contributed by atoms with Gasteiger partial charge in [-0.15, -0.1) is 0 Å². The van der Waals surface area contributed by atoms with E-state index in [1.54, 1.807) is 4.90 Å². The smallest absolute Gasteiger partial charge is 0.312 e. The molecule has 1 aliphatic heterocycles. The van der Waals surface area contributed by atoms with Crippen molar-refractivity contribution in [2.24, 2.45) is 5.73 Å². The van der Waals surface area contributed by atoms with Crippen LogP contribution in [0.2, 0.25) is 0 Å². The largest absolute Gasteiger partial charge is 0.352 e. The van der Waals surface area contributed by atoms with E-state index >= 15 is 0 Å². The van der Waals surface area contributed by atoms with Crippen LogP contribution >= 0.6 is 0 Å². The van der Waals surface area contributed by atoms with E-state index in [4.69, 9.17) is 5.73 Å². The fourth-order valence-electron chi connectivity index (χ4n) is 2.75. The Balaban J connectivity index is 2.08. The maximum absolute atomic E-state index is 12.8. The van der Waals surface area contributed by atoms with Crippen molar-refractivity contribution in [3.63, 3.8) is 0 Å². The van der Waals surface area contributed by atoms with E-state index in [9.17, 15) is 9.59 Å². The van der Waals surface area contributed by atoms with Crippen molar-refractivity contribution < 1.29 is 9.59 Å². The standard InChI is InChI=1S/C15H22N4O2/c1-18(2)13(11-6-4-3-5-7-11)14(20)19-9-8-12(10-19)17-15(16)21/h3-7,12-13H,8-10H2,1-2H3,(H3,16,17,21)/t12?,13-/m1/s1. The highest BCUT2D eigenvalue weighted by Crippen LogP contribution is 2.23. The topological polar surface area (TPSA) is 78.7 Å². The van der Waals surface area contributed by atoms with Gasteiger partial charge in [-0.3, -0.25) is 9.69 Å². The highest BCUT2D eigenvalue weighted by atomic mass is 16.2. The van der Waals surface area contributed by atoms with Crippen LogP contribution in [-0.4, -0.2) is 55.0 Å². The minimum atomic E-state index is -0.540. The van der Waals surface area contributed by atoms with E-state index in [0.717, 1.165) is 12.0 Å². The Morgan fingerprint density at radius 2 is 2.00 bits per heavy atom. The number of benzene rings is 1. The third-order valence-corrected chi connectivity index (χ3v) is 3.71. The van der Waals surface area contributed by atoms with E-state index in [-0.39, 0.29) is 18.0 Å². The number of nitrogens with one attached hydrogen (secondary N) is 1. The quantitative estimate of drug-likeness (QED) is 0.850. The lowest BCUT2D eigenvalue weighted by Crippen LogP contribution is -2.43. The van der Waals surface area contributed by atoms with E-state index in [1.807, 2.05) is 49.3 Å². The van der Waals surface area contributed by atoms with Crippen LogP contribution in [0.4, 0.5) is 4.79 Å². The summed E-state index contributed by atoms with van der Waals surface area (Å²) in [5, 5.41) is 2.67. The maximum Gasteiger partial charge on any atom is 0.312 e. The van der Waals surface area contributed by atoms with Crippen molar-refractivity contribution in [2.45, 2.75) is 18.5 Å². The summed E-state index contributed by atoms with van der Waals surface area (Å²) in [4.78, 5) is 27.4. The summed E-state index contributed by atoms with van der Waals surface area (Å²) in [6.07, 6.45) is 0.740. The molecule has 6 heteroatoms. The summed E-state index contributed by atoms with van der Waals surface area (Å²) in [6.45, 7) is 1.15. The summed E-state index contributed by atoms with van der Waals surface area (Å²) < 4.78 is 0. The van der Waals surface area contributed by atoms with Gasteiger partial charge in [0.2, 0.25) is 5.91 Å². The number of likely N-dealkylation sites (N-methyl/N-ethyl adjacent to an activating group) is 1. The number of carbonyl (C=O) groups excluding carboxylic acids is 2. The van der Waals surface area contributed by atoms with Crippen molar-refractivity contribution in [3.8, 4) is 0 Å². The van der Waals surface area contributed by atoms with Crippen LogP contribution in [0.5, 0.6) is 0 Å². The van der Waals surface area contributed by atoms with Gasteiger partial charge in [-0.25, -0.2) is 4.79 Å². The van der Waals surface area contributed by atoms with Crippen LogP contribution in [0.25, 0.3) is 0 Å². The Bertz CT molecular complexity index is 504. The molecule has 0 spiro atoms. The molecule has 0 bridgehead atoms. The zero-order valence-corrected chi connectivity index (χ0v) is 12.5. The number of amides is 3. The average molecular weight is 290 g/mol. The number of likely N-dealkylation sites (tertiary alicyclic amines) is 1. The number of nitrogens with two attached hydrogens (primary N) is 1. The molecule has 1 aromatic rings. The number of carbonyl (C=O) groups is 2. The van der Waals surface area contributed by atoms with Gasteiger partial charge in [-0.05, 0) is 26.1 Å². The highest BCUT2D eigenvalue weighted by Gasteiger charge is 2.33. The second-order valence-electron chi connectivity index (χ2n) is 5.56. The molecule has 1 saturated heterocycles. The molecule has 114 valence electrons. The molecule has 2 atom stereocenters. The minimum absolute atomic E-state index is 0.0509. The summed E-state index contributed by atoms with van der Waals surface area (Å²) in [5.74, 6) is 0.0555. The maximum atomic E-state index is 12.8. The predicted molar refractivity (Wildman–Crippen MR) is 80.6 cm³/mol. The monoisotopic (exact) mass is 290 g/mol. The van der Waals surface area contributed by atoms with Gasteiger partial charge in [0.15, 0.2) is 0 Å². The molecule has 1 fully saturated rings. The Labute approximate surface area is 124 Å². The fourth-order valence-corrected chi connectivity index (χ4v) is 2.75. The lowest BCUT2D eigenvalue weighted by atomic mass is 10.0. The molecule has 0 aliphatic carbocycles. The van der Waals surface area contributed by atoms with Crippen LogP contribution in [-0.2, 0) is 4.79 Å². The number of hydrogen-bond donors (Lipinski definition) is 2. The SMILES string of the molecule is CN(C)[C@@H](C(=O)N1CCC(NC(N)=O)C1)c1ccccc1. The molecule has 0 radical (unpaired) electrons. The van der Waals surface area contributed by atoms with E-state index in [1.165, 1.54) is 0 Å². The Morgan fingerprint density at radius 1 is 1.33 bits per heavy atom. The van der Waals surface area contributed by atoms with Gasteiger partial charge in [0, 0.05) is 19.1 Å². The predicted octanol–water partition coefficient (Wildman–Crippen LogP) is 0.559. The Kier molecular flexibility index (Phi) is 4.80. The van der Waals surface area contributed by atoms with Crippen LogP contribution in [0.3, 0.4) is 0 Å². The summed E-state index contributed by atoms with van der Waals surface area (Å²) in [5.41, 5.74) is 6.10. The molecule has 1 unspecified atom stereocenters. The number of urea groups is 1. The van der Waals surface area contributed by atoms with Gasteiger partial charge >= 0.3 is 6.03 Å². The average Bonchev–Trinajstić information content (AvgIpc) is 2.87. The molecule has 0 saturated carbocycles. The van der Waals surface area contributed by atoms with Crippen molar-refractivity contribution in [1.82, 2.24) is 15.1 Å². The Hall–Kier alpha value is -2.08. The first kappa shape index (κ1) is 15.3. The minimum Gasteiger partial charge on any atom is -0.352 e. The number of hydrogen-bond acceptors (Lipinski definition) is 3. The Morgan fingerprint density at radius 3 is 2.57 bits per heavy atom. The van der Waals surface area contributed by atoms with E-state index in [0.29, 0.717) is 13.1 Å². The van der Waals surface area contributed by atoms with Crippen LogP contribution in [0.1, 0.15) is 18.0 Å². The second-order valence-corrected chi connectivity index (χ2v) is 5.56. The third kappa shape index (κ3) is 3.72.